The summed E-state index contributed by atoms with van der Waals surface area (Å²) in [6.45, 7) is 0. The van der Waals surface area contributed by atoms with Gasteiger partial charge in [-0.2, -0.15) is 5.26 Å². The normalized spacial score (nSPS) is 10.7. The average molecular weight is 493 g/mol. The molecule has 0 saturated carbocycles. The van der Waals surface area contributed by atoms with Gasteiger partial charge in [0.25, 0.3) is 17.3 Å². The van der Waals surface area contributed by atoms with Crippen LogP contribution in [0.5, 0.6) is 5.75 Å². The van der Waals surface area contributed by atoms with Crippen LogP contribution in [0.1, 0.15) is 15.9 Å². The molecule has 12 heteroatoms. The fraction of sp³-hybridized carbons (Fsp3) is 0. The predicted octanol–water partition coefficient (Wildman–Crippen LogP) is 4.92. The summed E-state index contributed by atoms with van der Waals surface area (Å²) in [4.78, 5) is 45.6. The standard InChI is InChI=1S/C23H13ClN4O7/c24-16-7-10-19(21(12-16)28(33)34)26-22(29)15(13-25)11-14-5-8-17(9-6-14)35-23(30)18-3-1-2-4-20(18)27(31)32/h1-12H,(H,26,29). The molecule has 3 aromatic rings. The number of rotatable bonds is 7. The minimum Gasteiger partial charge on any atom is -0.423 e. The van der Waals surface area contributed by atoms with Crippen LogP contribution >= 0.6 is 11.6 Å². The van der Waals surface area contributed by atoms with E-state index in [-0.39, 0.29) is 27.6 Å². The molecular formula is C23H13ClN4O7. The molecule has 0 spiro atoms. The second-order valence-electron chi connectivity index (χ2n) is 6.78. The molecule has 174 valence electrons. The maximum absolute atomic E-state index is 12.5. The number of nitro groups is 2. The number of nitrogens with zero attached hydrogens (tertiary/aromatic N) is 3. The maximum Gasteiger partial charge on any atom is 0.350 e. The number of nitrogens with one attached hydrogen (secondary N) is 1. The van der Waals surface area contributed by atoms with Crippen LogP contribution in [-0.2, 0) is 4.79 Å². The van der Waals surface area contributed by atoms with Crippen molar-refractivity contribution in [3.05, 3.63) is 109 Å². The zero-order valence-corrected chi connectivity index (χ0v) is 18.3. The highest BCUT2D eigenvalue weighted by Crippen LogP contribution is 2.28. The lowest BCUT2D eigenvalue weighted by Gasteiger charge is -2.07. The number of carbonyl (C=O) groups excluding carboxylic acids is 2. The Labute approximate surface area is 202 Å². The molecule has 35 heavy (non-hydrogen) atoms. The summed E-state index contributed by atoms with van der Waals surface area (Å²) in [5.41, 5.74) is -1.16. The van der Waals surface area contributed by atoms with Gasteiger partial charge in [-0.15, -0.1) is 0 Å². The lowest BCUT2D eigenvalue weighted by Crippen LogP contribution is -2.14. The lowest BCUT2D eigenvalue weighted by molar-refractivity contribution is -0.385. The number of hydrogen-bond donors (Lipinski definition) is 1. The van der Waals surface area contributed by atoms with E-state index in [9.17, 15) is 35.1 Å². The first-order valence-electron chi connectivity index (χ1n) is 9.62. The summed E-state index contributed by atoms with van der Waals surface area (Å²) in [5, 5.41) is 34.0. The van der Waals surface area contributed by atoms with Gasteiger partial charge in [0.2, 0.25) is 0 Å². The molecule has 0 bridgehead atoms. The summed E-state index contributed by atoms with van der Waals surface area (Å²) < 4.78 is 5.17. The van der Waals surface area contributed by atoms with Crippen molar-refractivity contribution in [3.8, 4) is 11.8 Å². The number of esters is 1. The molecule has 0 aliphatic heterocycles. The highest BCUT2D eigenvalue weighted by molar-refractivity contribution is 6.31. The Morgan fingerprint density at radius 1 is 0.971 bits per heavy atom. The molecule has 0 radical (unpaired) electrons. The van der Waals surface area contributed by atoms with Gasteiger partial charge in [-0.1, -0.05) is 35.9 Å². The molecule has 0 saturated heterocycles. The van der Waals surface area contributed by atoms with Gasteiger partial charge >= 0.3 is 5.97 Å². The summed E-state index contributed by atoms with van der Waals surface area (Å²) in [6, 6.07) is 16.3. The van der Waals surface area contributed by atoms with Gasteiger partial charge in [0.1, 0.15) is 28.6 Å². The Morgan fingerprint density at radius 2 is 1.63 bits per heavy atom. The first-order valence-corrected chi connectivity index (χ1v) is 10.00. The summed E-state index contributed by atoms with van der Waals surface area (Å²) in [5.74, 6) is -1.74. The average Bonchev–Trinajstić information content (AvgIpc) is 2.84. The summed E-state index contributed by atoms with van der Waals surface area (Å²) in [6.07, 6.45) is 1.23. The third kappa shape index (κ3) is 6.04. The molecule has 0 aliphatic carbocycles. The second-order valence-corrected chi connectivity index (χ2v) is 7.21. The van der Waals surface area contributed by atoms with E-state index >= 15 is 0 Å². The largest absolute Gasteiger partial charge is 0.423 e. The van der Waals surface area contributed by atoms with E-state index in [1.54, 1.807) is 6.07 Å². The lowest BCUT2D eigenvalue weighted by atomic mass is 10.1. The van der Waals surface area contributed by atoms with Gasteiger partial charge in [-0.25, -0.2) is 4.79 Å². The number of benzene rings is 3. The topological polar surface area (TPSA) is 165 Å². The van der Waals surface area contributed by atoms with Gasteiger partial charge in [-0.3, -0.25) is 25.0 Å². The molecule has 0 heterocycles. The number of amides is 1. The van der Waals surface area contributed by atoms with E-state index < -0.39 is 33.1 Å². The monoisotopic (exact) mass is 492 g/mol. The van der Waals surface area contributed by atoms with E-state index in [2.05, 4.69) is 5.32 Å². The van der Waals surface area contributed by atoms with Crippen LogP contribution < -0.4 is 10.1 Å². The van der Waals surface area contributed by atoms with Crippen LogP contribution in [0.25, 0.3) is 6.08 Å². The van der Waals surface area contributed by atoms with Gasteiger partial charge in [0, 0.05) is 17.2 Å². The fourth-order valence-corrected chi connectivity index (χ4v) is 3.03. The molecule has 0 atom stereocenters. The van der Waals surface area contributed by atoms with Crippen LogP contribution in [0.2, 0.25) is 5.02 Å². The minimum absolute atomic E-state index is 0.0741. The Bertz CT molecular complexity index is 1410. The van der Waals surface area contributed by atoms with Crippen LogP contribution in [-0.4, -0.2) is 21.7 Å². The van der Waals surface area contributed by atoms with Crippen molar-refractivity contribution in [2.45, 2.75) is 0 Å². The van der Waals surface area contributed by atoms with Crippen molar-refractivity contribution in [1.82, 2.24) is 0 Å². The zero-order chi connectivity index (χ0) is 25.5. The first-order chi connectivity index (χ1) is 16.7. The van der Waals surface area contributed by atoms with E-state index in [0.29, 0.717) is 5.56 Å². The van der Waals surface area contributed by atoms with Crippen molar-refractivity contribution in [3.63, 3.8) is 0 Å². The van der Waals surface area contributed by atoms with Gasteiger partial charge in [0.05, 0.1) is 9.85 Å². The molecule has 3 rings (SSSR count). The number of hydrogen-bond acceptors (Lipinski definition) is 8. The van der Waals surface area contributed by atoms with E-state index in [4.69, 9.17) is 16.3 Å². The van der Waals surface area contributed by atoms with Crippen molar-refractivity contribution in [2.75, 3.05) is 5.32 Å². The second kappa shape index (κ2) is 10.7. The SMILES string of the molecule is N#CC(=Cc1ccc(OC(=O)c2ccccc2[N+](=O)[O-])cc1)C(=O)Nc1ccc(Cl)cc1[N+](=O)[O-]. The molecule has 1 N–H and O–H groups in total. The van der Waals surface area contributed by atoms with Crippen molar-refractivity contribution in [1.29, 1.82) is 5.26 Å². The van der Waals surface area contributed by atoms with Gasteiger partial charge in [0.15, 0.2) is 0 Å². The van der Waals surface area contributed by atoms with Crippen molar-refractivity contribution < 1.29 is 24.2 Å². The number of nitriles is 1. The number of anilines is 1. The number of carbonyl (C=O) groups is 2. The molecular weight excluding hydrogens is 480 g/mol. The molecule has 11 nitrogen and oxygen atoms in total. The highest BCUT2D eigenvalue weighted by atomic mass is 35.5. The fourth-order valence-electron chi connectivity index (χ4n) is 2.87. The van der Waals surface area contributed by atoms with Crippen LogP contribution in [0.4, 0.5) is 17.1 Å². The summed E-state index contributed by atoms with van der Waals surface area (Å²) >= 11 is 5.75. The van der Waals surface area contributed by atoms with E-state index in [1.807, 2.05) is 0 Å². The smallest absolute Gasteiger partial charge is 0.350 e. The molecule has 0 aliphatic rings. The molecule has 0 aromatic heterocycles. The van der Waals surface area contributed by atoms with E-state index in [1.165, 1.54) is 66.7 Å². The molecule has 0 fully saturated rings. The van der Waals surface area contributed by atoms with Gasteiger partial charge < -0.3 is 10.1 Å². The quantitative estimate of drug-likeness (QED) is 0.121. The van der Waals surface area contributed by atoms with Crippen molar-refractivity contribution in [2.24, 2.45) is 0 Å². The zero-order valence-electron chi connectivity index (χ0n) is 17.5. The Hall–Kier alpha value is -5.08. The number of halogens is 1. The third-order valence-corrected chi connectivity index (χ3v) is 4.73. The Kier molecular flexibility index (Phi) is 7.50. The first kappa shape index (κ1) is 24.6. The predicted molar refractivity (Wildman–Crippen MR) is 125 cm³/mol. The highest BCUT2D eigenvalue weighted by Gasteiger charge is 2.21. The van der Waals surface area contributed by atoms with Gasteiger partial charge in [-0.05, 0) is 42.0 Å². The minimum atomic E-state index is -0.928. The van der Waals surface area contributed by atoms with E-state index in [0.717, 1.165) is 6.07 Å². The maximum atomic E-state index is 12.5. The Morgan fingerprint density at radius 3 is 2.26 bits per heavy atom. The summed E-state index contributed by atoms with van der Waals surface area (Å²) in [7, 11) is 0. The third-order valence-electron chi connectivity index (χ3n) is 4.49. The number of para-hydroxylation sites is 1. The molecule has 0 unspecified atom stereocenters. The van der Waals surface area contributed by atoms with Crippen LogP contribution in [0, 0.1) is 31.6 Å². The van der Waals surface area contributed by atoms with Crippen molar-refractivity contribution >= 4 is 46.6 Å². The number of ether oxygens (including phenoxy) is 1. The molecule has 3 aromatic carbocycles. The molecule has 1 amide bonds. The Balaban J connectivity index is 1.76. The van der Waals surface area contributed by atoms with Crippen LogP contribution in [0.3, 0.4) is 0 Å². The number of nitro benzene ring substituents is 2. The van der Waals surface area contributed by atoms with Crippen LogP contribution in [0.15, 0.2) is 72.3 Å².